The van der Waals surface area contributed by atoms with E-state index < -0.39 is 12.0 Å². The van der Waals surface area contributed by atoms with E-state index in [1.165, 1.54) is 9.78 Å². The van der Waals surface area contributed by atoms with E-state index in [2.05, 4.69) is 0 Å². The summed E-state index contributed by atoms with van der Waals surface area (Å²) >= 11 is 1.59. The lowest BCUT2D eigenvalue weighted by molar-refractivity contribution is -0.149. The molecule has 1 atom stereocenters. The molecule has 0 aliphatic heterocycles. The van der Waals surface area contributed by atoms with Gasteiger partial charge in [-0.3, -0.25) is 4.79 Å². The van der Waals surface area contributed by atoms with Crippen LogP contribution >= 0.6 is 11.3 Å². The number of hydrogen-bond acceptors (Lipinski definition) is 3. The fraction of sp³-hybridized carbons (Fsp3) is 0.538. The van der Waals surface area contributed by atoms with Gasteiger partial charge in [-0.1, -0.05) is 0 Å². The summed E-state index contributed by atoms with van der Waals surface area (Å²) in [5.74, 6) is -1.01. The normalized spacial score (nSPS) is 16.3. The van der Waals surface area contributed by atoms with Crippen LogP contribution in [-0.4, -0.2) is 34.0 Å². The van der Waals surface area contributed by atoms with E-state index in [1.54, 1.807) is 18.3 Å². The van der Waals surface area contributed by atoms with Crippen LogP contribution in [0.2, 0.25) is 0 Å². The lowest BCUT2D eigenvalue weighted by Crippen LogP contribution is -2.45. The minimum atomic E-state index is -0.933. The fourth-order valence-corrected chi connectivity index (χ4v) is 2.91. The van der Waals surface area contributed by atoms with Gasteiger partial charge in [0, 0.05) is 15.8 Å². The first-order valence-corrected chi connectivity index (χ1v) is 6.90. The van der Waals surface area contributed by atoms with Crippen LogP contribution in [0.1, 0.15) is 29.5 Å². The van der Waals surface area contributed by atoms with Gasteiger partial charge in [0.2, 0.25) is 5.91 Å². The van der Waals surface area contributed by atoms with Gasteiger partial charge in [0.15, 0.2) is 0 Å². The second kappa shape index (κ2) is 5.10. The van der Waals surface area contributed by atoms with Gasteiger partial charge in [-0.15, -0.1) is 11.3 Å². The molecule has 2 rings (SSSR count). The zero-order valence-electron chi connectivity index (χ0n) is 10.5. The van der Waals surface area contributed by atoms with Gasteiger partial charge < -0.3 is 10.0 Å². The van der Waals surface area contributed by atoms with E-state index in [-0.39, 0.29) is 11.9 Å². The molecule has 18 heavy (non-hydrogen) atoms. The Morgan fingerprint density at radius 1 is 1.50 bits per heavy atom. The van der Waals surface area contributed by atoms with Gasteiger partial charge in [-0.25, -0.2) is 4.79 Å². The van der Waals surface area contributed by atoms with Crippen LogP contribution < -0.4 is 0 Å². The molecule has 4 nitrogen and oxygen atoms in total. The molecular weight excluding hydrogens is 250 g/mol. The number of aliphatic carboxylic acids is 1. The Morgan fingerprint density at radius 3 is 2.61 bits per heavy atom. The van der Waals surface area contributed by atoms with Crippen LogP contribution in [0.4, 0.5) is 0 Å². The molecular formula is C13H17NO3S. The van der Waals surface area contributed by atoms with Gasteiger partial charge >= 0.3 is 5.97 Å². The lowest BCUT2D eigenvalue weighted by Gasteiger charge is -2.26. The number of carboxylic acid groups (broad SMARTS) is 1. The van der Waals surface area contributed by atoms with Crippen molar-refractivity contribution < 1.29 is 14.7 Å². The monoisotopic (exact) mass is 267 g/mol. The maximum atomic E-state index is 12.2. The Kier molecular flexibility index (Phi) is 3.71. The summed E-state index contributed by atoms with van der Waals surface area (Å²) in [6, 6.07) is 3.32. The lowest BCUT2D eigenvalue weighted by atomic mass is 10.2. The minimum absolute atomic E-state index is 0.0748. The van der Waals surface area contributed by atoms with Gasteiger partial charge in [0.1, 0.15) is 6.04 Å². The fourth-order valence-electron chi connectivity index (χ4n) is 2.03. The highest BCUT2D eigenvalue weighted by Crippen LogP contribution is 2.30. The zero-order chi connectivity index (χ0) is 13.3. The Bertz CT molecular complexity index is 465. The Balaban J connectivity index is 2.06. The van der Waals surface area contributed by atoms with Crippen molar-refractivity contribution in [2.24, 2.45) is 0 Å². The Labute approximate surface area is 110 Å². The molecule has 0 aromatic carbocycles. The Morgan fingerprint density at radius 2 is 2.17 bits per heavy atom. The van der Waals surface area contributed by atoms with Crippen LogP contribution in [0, 0.1) is 6.92 Å². The van der Waals surface area contributed by atoms with E-state index in [9.17, 15) is 9.59 Å². The molecule has 0 saturated heterocycles. The molecule has 98 valence electrons. The number of nitrogens with zero attached hydrogens (tertiary/aromatic N) is 1. The smallest absolute Gasteiger partial charge is 0.326 e. The van der Waals surface area contributed by atoms with Crippen molar-refractivity contribution in [2.45, 2.75) is 45.2 Å². The molecule has 1 N–H and O–H groups in total. The number of rotatable bonds is 5. The molecule has 5 heteroatoms. The van der Waals surface area contributed by atoms with Gasteiger partial charge in [-0.2, -0.15) is 0 Å². The standard InChI is InChI=1S/C13H17NO3S/c1-8-3-6-11(18-8)7-12(15)14(10-4-5-10)9(2)13(16)17/h3,6,9-10H,4-5,7H2,1-2H3,(H,16,17). The summed E-state index contributed by atoms with van der Waals surface area (Å²) in [6.45, 7) is 3.58. The zero-order valence-corrected chi connectivity index (χ0v) is 11.4. The summed E-state index contributed by atoms with van der Waals surface area (Å²) in [5, 5.41) is 9.06. The summed E-state index contributed by atoms with van der Waals surface area (Å²) in [7, 11) is 0. The highest BCUT2D eigenvalue weighted by atomic mass is 32.1. The molecule has 1 aromatic rings. The molecule has 1 unspecified atom stereocenters. The van der Waals surface area contributed by atoms with Gasteiger partial charge in [-0.05, 0) is 38.8 Å². The van der Waals surface area contributed by atoms with Gasteiger partial charge in [0.25, 0.3) is 0 Å². The highest BCUT2D eigenvalue weighted by molar-refractivity contribution is 7.12. The number of carboxylic acids is 1. The quantitative estimate of drug-likeness (QED) is 0.888. The highest BCUT2D eigenvalue weighted by Gasteiger charge is 2.38. The van der Waals surface area contributed by atoms with Crippen molar-refractivity contribution in [1.29, 1.82) is 0 Å². The van der Waals surface area contributed by atoms with Crippen LogP contribution in [-0.2, 0) is 16.0 Å². The summed E-state index contributed by atoms with van der Waals surface area (Å²) in [5.41, 5.74) is 0. The van der Waals surface area contributed by atoms with Crippen molar-refractivity contribution in [3.8, 4) is 0 Å². The van der Waals surface area contributed by atoms with E-state index >= 15 is 0 Å². The maximum Gasteiger partial charge on any atom is 0.326 e. The molecule has 1 heterocycles. The van der Waals surface area contributed by atoms with Crippen LogP contribution in [0.5, 0.6) is 0 Å². The minimum Gasteiger partial charge on any atom is -0.480 e. The molecule has 0 radical (unpaired) electrons. The molecule has 1 aliphatic rings. The third-order valence-corrected chi connectivity index (χ3v) is 4.13. The average Bonchev–Trinajstić information content (AvgIpc) is 3.03. The third-order valence-electron chi connectivity index (χ3n) is 3.12. The first-order chi connectivity index (χ1) is 8.49. The summed E-state index contributed by atoms with van der Waals surface area (Å²) in [4.78, 5) is 27.0. The maximum absolute atomic E-state index is 12.2. The first kappa shape index (κ1) is 13.1. The molecule has 1 fully saturated rings. The van der Waals surface area contributed by atoms with Crippen LogP contribution in [0.15, 0.2) is 12.1 Å². The van der Waals surface area contributed by atoms with Gasteiger partial charge in [0.05, 0.1) is 6.42 Å². The molecule has 0 spiro atoms. The number of aryl methyl sites for hydroxylation is 1. The van der Waals surface area contributed by atoms with Crippen molar-refractivity contribution in [1.82, 2.24) is 4.90 Å². The van der Waals surface area contributed by atoms with Crippen LogP contribution in [0.25, 0.3) is 0 Å². The van der Waals surface area contributed by atoms with E-state index in [1.807, 2.05) is 19.1 Å². The number of thiophene rings is 1. The number of hydrogen-bond donors (Lipinski definition) is 1. The Hall–Kier alpha value is -1.36. The average molecular weight is 267 g/mol. The van der Waals surface area contributed by atoms with Crippen molar-refractivity contribution >= 4 is 23.2 Å². The second-order valence-corrected chi connectivity index (χ2v) is 6.11. The molecule has 1 saturated carbocycles. The molecule has 0 bridgehead atoms. The van der Waals surface area contributed by atoms with Crippen molar-refractivity contribution in [3.63, 3.8) is 0 Å². The van der Waals surface area contributed by atoms with E-state index in [0.717, 1.165) is 17.7 Å². The topological polar surface area (TPSA) is 57.6 Å². The van der Waals surface area contributed by atoms with Crippen molar-refractivity contribution in [3.05, 3.63) is 21.9 Å². The number of amides is 1. The largest absolute Gasteiger partial charge is 0.480 e. The van der Waals surface area contributed by atoms with Crippen LogP contribution in [0.3, 0.4) is 0 Å². The molecule has 1 aliphatic carbocycles. The van der Waals surface area contributed by atoms with E-state index in [0.29, 0.717) is 6.42 Å². The number of carbonyl (C=O) groups excluding carboxylic acids is 1. The summed E-state index contributed by atoms with van der Waals surface area (Å²) < 4.78 is 0. The molecule has 1 amide bonds. The molecule has 1 aromatic heterocycles. The van der Waals surface area contributed by atoms with Crippen molar-refractivity contribution in [2.75, 3.05) is 0 Å². The number of carbonyl (C=O) groups is 2. The summed E-state index contributed by atoms with van der Waals surface area (Å²) in [6.07, 6.45) is 2.16. The SMILES string of the molecule is Cc1ccc(CC(=O)N(C2CC2)C(C)C(=O)O)s1. The first-order valence-electron chi connectivity index (χ1n) is 6.08. The predicted molar refractivity (Wildman–Crippen MR) is 69.7 cm³/mol. The van der Waals surface area contributed by atoms with E-state index in [4.69, 9.17) is 5.11 Å². The second-order valence-electron chi connectivity index (χ2n) is 4.74. The predicted octanol–water partition coefficient (Wildman–Crippen LogP) is 2.06. The third kappa shape index (κ3) is 2.90.